The van der Waals surface area contributed by atoms with Crippen molar-refractivity contribution in [1.29, 1.82) is 0 Å². The summed E-state index contributed by atoms with van der Waals surface area (Å²) in [5.41, 5.74) is 7.23. The first-order valence-electron chi connectivity index (χ1n) is 9.06. The van der Waals surface area contributed by atoms with E-state index in [1.165, 1.54) is 11.3 Å². The Kier molecular flexibility index (Phi) is 4.22. The molecule has 7 nitrogen and oxygen atoms in total. The van der Waals surface area contributed by atoms with E-state index in [4.69, 9.17) is 10.5 Å². The summed E-state index contributed by atoms with van der Waals surface area (Å²) >= 11 is 1.48. The molecular weight excluding hydrogens is 381 g/mol. The quantitative estimate of drug-likeness (QED) is 0.624. The SMILES string of the molecule is N[C@H]1COCC[C@H]1Nc1nc(-c2cc3ccncc3s2)c2c(c1F)CNC2=O. The van der Waals surface area contributed by atoms with Gasteiger partial charge in [-0.1, -0.05) is 0 Å². The van der Waals surface area contributed by atoms with Gasteiger partial charge in [0.1, 0.15) is 0 Å². The standard InChI is InChI=1S/C19H18FN5O2S/c20-16-10-6-23-19(26)15(10)17(13-5-9-1-3-22-7-14(9)28-13)25-18(16)24-12-2-4-27-8-11(12)21/h1,3,5,7,11-12H,2,4,6,8,21H2,(H,23,26)(H,24,25)/t11-,12+/m0/s1. The van der Waals surface area contributed by atoms with Crippen LogP contribution >= 0.6 is 11.3 Å². The van der Waals surface area contributed by atoms with Gasteiger partial charge in [0.2, 0.25) is 0 Å². The number of carbonyl (C=O) groups is 1. The number of anilines is 1. The number of nitrogens with zero attached hydrogens (tertiary/aromatic N) is 2. The fourth-order valence-corrected chi connectivity index (χ4v) is 4.70. The highest BCUT2D eigenvalue weighted by molar-refractivity contribution is 7.22. The normalized spacial score (nSPS) is 21.6. The molecule has 1 saturated heterocycles. The molecule has 28 heavy (non-hydrogen) atoms. The summed E-state index contributed by atoms with van der Waals surface area (Å²) in [4.78, 5) is 21.9. The van der Waals surface area contributed by atoms with Crippen LogP contribution in [0.25, 0.3) is 20.7 Å². The number of carbonyl (C=O) groups excluding carboxylic acids is 1. The summed E-state index contributed by atoms with van der Waals surface area (Å²) in [7, 11) is 0. The lowest BCUT2D eigenvalue weighted by Crippen LogP contribution is -2.48. The Morgan fingerprint density at radius 1 is 1.43 bits per heavy atom. The second kappa shape index (κ2) is 6.77. The van der Waals surface area contributed by atoms with E-state index >= 15 is 4.39 Å². The molecule has 1 fully saturated rings. The maximum absolute atomic E-state index is 15.1. The predicted molar refractivity (Wildman–Crippen MR) is 105 cm³/mol. The second-order valence-electron chi connectivity index (χ2n) is 6.96. The van der Waals surface area contributed by atoms with Crippen molar-refractivity contribution < 1.29 is 13.9 Å². The minimum Gasteiger partial charge on any atom is -0.380 e. The third-order valence-electron chi connectivity index (χ3n) is 5.17. The molecule has 4 N–H and O–H groups in total. The molecule has 3 aromatic heterocycles. The van der Waals surface area contributed by atoms with E-state index in [0.29, 0.717) is 36.5 Å². The van der Waals surface area contributed by atoms with Crippen LogP contribution in [0.5, 0.6) is 0 Å². The van der Waals surface area contributed by atoms with E-state index in [-0.39, 0.29) is 30.4 Å². The van der Waals surface area contributed by atoms with E-state index in [9.17, 15) is 4.79 Å². The molecule has 5 heterocycles. The van der Waals surface area contributed by atoms with Gasteiger partial charge in [0, 0.05) is 43.2 Å². The van der Waals surface area contributed by atoms with Crippen LogP contribution in [0.3, 0.4) is 0 Å². The van der Waals surface area contributed by atoms with E-state index < -0.39 is 5.82 Å². The molecule has 0 aromatic carbocycles. The number of fused-ring (bicyclic) bond motifs is 2. The Morgan fingerprint density at radius 2 is 2.32 bits per heavy atom. The van der Waals surface area contributed by atoms with Gasteiger partial charge in [-0.25, -0.2) is 9.37 Å². The van der Waals surface area contributed by atoms with Crippen LogP contribution < -0.4 is 16.4 Å². The minimum atomic E-state index is -0.501. The summed E-state index contributed by atoms with van der Waals surface area (Å²) in [5, 5.41) is 6.87. The number of thiophene rings is 1. The Morgan fingerprint density at radius 3 is 3.14 bits per heavy atom. The van der Waals surface area contributed by atoms with Crippen molar-refractivity contribution in [3.63, 3.8) is 0 Å². The van der Waals surface area contributed by atoms with Crippen molar-refractivity contribution in [2.24, 2.45) is 5.73 Å². The predicted octanol–water partition coefficient (Wildman–Crippen LogP) is 2.27. The van der Waals surface area contributed by atoms with Crippen LogP contribution in [0.1, 0.15) is 22.3 Å². The molecule has 0 bridgehead atoms. The zero-order valence-electron chi connectivity index (χ0n) is 14.9. The topological polar surface area (TPSA) is 102 Å². The molecule has 3 aromatic rings. The molecule has 2 aliphatic rings. The Hall–Kier alpha value is -2.62. The van der Waals surface area contributed by atoms with Crippen molar-refractivity contribution in [2.45, 2.75) is 25.0 Å². The van der Waals surface area contributed by atoms with Gasteiger partial charge in [0.25, 0.3) is 5.91 Å². The Balaban J connectivity index is 1.63. The van der Waals surface area contributed by atoms with Gasteiger partial charge >= 0.3 is 0 Å². The highest BCUT2D eigenvalue weighted by atomic mass is 32.1. The summed E-state index contributed by atoms with van der Waals surface area (Å²) in [6.07, 6.45) is 4.15. The number of ether oxygens (including phenoxy) is 1. The number of hydrogen-bond acceptors (Lipinski definition) is 7. The molecule has 2 atom stereocenters. The number of hydrogen-bond donors (Lipinski definition) is 3. The van der Waals surface area contributed by atoms with Crippen LogP contribution in [0.2, 0.25) is 0 Å². The van der Waals surface area contributed by atoms with Crippen LogP contribution in [0.15, 0.2) is 24.5 Å². The first-order valence-corrected chi connectivity index (χ1v) is 9.88. The maximum Gasteiger partial charge on any atom is 0.254 e. The molecule has 0 radical (unpaired) electrons. The van der Waals surface area contributed by atoms with E-state index in [1.54, 1.807) is 12.4 Å². The molecule has 2 aliphatic heterocycles. The fraction of sp³-hybridized carbons (Fsp3) is 0.316. The molecule has 0 aliphatic carbocycles. The number of amides is 1. The maximum atomic E-state index is 15.1. The molecule has 0 saturated carbocycles. The van der Waals surface area contributed by atoms with Crippen LogP contribution in [0.4, 0.5) is 10.2 Å². The smallest absolute Gasteiger partial charge is 0.254 e. The zero-order valence-corrected chi connectivity index (χ0v) is 15.7. The summed E-state index contributed by atoms with van der Waals surface area (Å²) in [5.74, 6) is -0.678. The number of nitrogens with one attached hydrogen (secondary N) is 2. The van der Waals surface area contributed by atoms with Crippen molar-refractivity contribution >= 4 is 33.1 Å². The Labute approximate surface area is 164 Å². The average molecular weight is 399 g/mol. The van der Waals surface area contributed by atoms with E-state index in [1.807, 2.05) is 12.1 Å². The molecule has 0 unspecified atom stereocenters. The van der Waals surface area contributed by atoms with Gasteiger partial charge in [-0.05, 0) is 23.9 Å². The summed E-state index contributed by atoms with van der Waals surface area (Å²) in [6.45, 7) is 1.13. The van der Waals surface area contributed by atoms with Crippen molar-refractivity contribution in [3.05, 3.63) is 41.5 Å². The van der Waals surface area contributed by atoms with Crippen molar-refractivity contribution in [3.8, 4) is 10.6 Å². The van der Waals surface area contributed by atoms with Crippen LogP contribution in [-0.4, -0.2) is 41.2 Å². The summed E-state index contributed by atoms with van der Waals surface area (Å²) < 4.78 is 21.5. The highest BCUT2D eigenvalue weighted by Gasteiger charge is 2.32. The van der Waals surface area contributed by atoms with E-state index in [0.717, 1.165) is 15.0 Å². The average Bonchev–Trinajstić information content (AvgIpc) is 3.30. The van der Waals surface area contributed by atoms with Crippen LogP contribution in [-0.2, 0) is 11.3 Å². The number of pyridine rings is 2. The molecule has 5 rings (SSSR count). The van der Waals surface area contributed by atoms with Gasteiger partial charge in [-0.2, -0.15) is 0 Å². The number of rotatable bonds is 3. The molecular formula is C19H18FN5O2S. The van der Waals surface area contributed by atoms with Gasteiger partial charge in [-0.15, -0.1) is 11.3 Å². The van der Waals surface area contributed by atoms with E-state index in [2.05, 4.69) is 20.6 Å². The summed E-state index contributed by atoms with van der Waals surface area (Å²) in [6, 6.07) is 3.47. The molecule has 1 amide bonds. The largest absolute Gasteiger partial charge is 0.380 e. The fourth-order valence-electron chi connectivity index (χ4n) is 3.67. The molecule has 144 valence electrons. The third kappa shape index (κ3) is 2.83. The number of halogens is 1. The third-order valence-corrected chi connectivity index (χ3v) is 6.26. The lowest BCUT2D eigenvalue weighted by Gasteiger charge is -2.30. The molecule has 0 spiro atoms. The first-order chi connectivity index (χ1) is 13.6. The number of aromatic nitrogens is 2. The monoisotopic (exact) mass is 399 g/mol. The zero-order chi connectivity index (χ0) is 19.3. The van der Waals surface area contributed by atoms with Crippen molar-refractivity contribution in [2.75, 3.05) is 18.5 Å². The van der Waals surface area contributed by atoms with Crippen LogP contribution in [0, 0.1) is 5.82 Å². The van der Waals surface area contributed by atoms with Gasteiger partial charge in [-0.3, -0.25) is 9.78 Å². The number of nitrogens with two attached hydrogens (primary N) is 1. The lowest BCUT2D eigenvalue weighted by molar-refractivity contribution is 0.0751. The second-order valence-corrected chi connectivity index (χ2v) is 8.05. The highest BCUT2D eigenvalue weighted by Crippen LogP contribution is 2.38. The van der Waals surface area contributed by atoms with Gasteiger partial charge < -0.3 is 21.1 Å². The lowest BCUT2D eigenvalue weighted by atomic mass is 10.0. The van der Waals surface area contributed by atoms with Gasteiger partial charge in [0.05, 0.1) is 27.4 Å². The molecule has 9 heteroatoms. The first kappa shape index (κ1) is 17.5. The van der Waals surface area contributed by atoms with Crippen molar-refractivity contribution in [1.82, 2.24) is 15.3 Å². The Bertz CT molecular complexity index is 1050. The van der Waals surface area contributed by atoms with Gasteiger partial charge in [0.15, 0.2) is 11.6 Å². The minimum absolute atomic E-state index is 0.128.